The Morgan fingerprint density at radius 3 is 2.92 bits per heavy atom. The Kier molecular flexibility index (Phi) is 4.46. The third-order valence-corrected chi connectivity index (χ3v) is 5.31. The van der Waals surface area contributed by atoms with Crippen LogP contribution in [-0.4, -0.2) is 71.2 Å². The quantitative estimate of drug-likeness (QED) is 0.875. The molecular formula is C18H22FN5O2. The maximum atomic E-state index is 13.9. The number of piperazine rings is 1. The second-order valence-electron chi connectivity index (χ2n) is 7.15. The van der Waals surface area contributed by atoms with Gasteiger partial charge in [-0.2, -0.15) is 0 Å². The number of fused-ring (bicyclic) bond motifs is 1. The van der Waals surface area contributed by atoms with Crippen LogP contribution in [0.4, 0.5) is 4.39 Å². The fourth-order valence-electron chi connectivity index (χ4n) is 3.80. The van der Waals surface area contributed by atoms with Crippen molar-refractivity contribution in [2.75, 3.05) is 27.2 Å². The predicted molar refractivity (Wildman–Crippen MR) is 92.8 cm³/mol. The van der Waals surface area contributed by atoms with Crippen molar-refractivity contribution >= 4 is 5.91 Å². The van der Waals surface area contributed by atoms with E-state index in [1.54, 1.807) is 18.2 Å². The molecule has 3 heterocycles. The lowest BCUT2D eigenvalue weighted by Gasteiger charge is -2.36. The molecule has 1 N–H and O–H groups in total. The van der Waals surface area contributed by atoms with Crippen LogP contribution >= 0.6 is 0 Å². The molecule has 0 bridgehead atoms. The Hall–Kier alpha value is -2.32. The van der Waals surface area contributed by atoms with Crippen molar-refractivity contribution in [3.63, 3.8) is 0 Å². The summed E-state index contributed by atoms with van der Waals surface area (Å²) in [5.74, 6) is 0.336. The predicted octanol–water partition coefficient (Wildman–Crippen LogP) is 0.921. The summed E-state index contributed by atoms with van der Waals surface area (Å²) in [7, 11) is 4.07. The van der Waals surface area contributed by atoms with Crippen LogP contribution in [0.25, 0.3) is 11.5 Å². The third kappa shape index (κ3) is 3.10. The summed E-state index contributed by atoms with van der Waals surface area (Å²) < 4.78 is 19.6. The van der Waals surface area contributed by atoms with Crippen molar-refractivity contribution in [3.05, 3.63) is 36.0 Å². The van der Waals surface area contributed by atoms with Gasteiger partial charge in [-0.1, -0.05) is 12.1 Å². The fourth-order valence-corrected chi connectivity index (χ4v) is 3.80. The molecule has 2 aromatic rings. The number of amides is 1. The summed E-state index contributed by atoms with van der Waals surface area (Å²) >= 11 is 0. The van der Waals surface area contributed by atoms with Crippen LogP contribution < -0.4 is 5.32 Å². The molecular weight excluding hydrogens is 337 g/mol. The maximum Gasteiger partial charge on any atom is 0.250 e. The van der Waals surface area contributed by atoms with E-state index in [9.17, 15) is 9.18 Å². The molecule has 4 rings (SSSR count). The number of carbonyl (C=O) groups excluding carboxylic acids is 1. The second-order valence-corrected chi connectivity index (χ2v) is 7.15. The number of likely N-dealkylation sites (N-methyl/N-ethyl adjacent to an activating group) is 1. The highest BCUT2D eigenvalue weighted by Crippen LogP contribution is 2.28. The van der Waals surface area contributed by atoms with Gasteiger partial charge in [0.1, 0.15) is 5.82 Å². The van der Waals surface area contributed by atoms with Gasteiger partial charge in [-0.3, -0.25) is 9.69 Å². The molecule has 1 aromatic heterocycles. The lowest BCUT2D eigenvalue weighted by molar-refractivity contribution is -0.129. The van der Waals surface area contributed by atoms with Crippen molar-refractivity contribution in [3.8, 4) is 11.5 Å². The molecule has 3 atom stereocenters. The summed E-state index contributed by atoms with van der Waals surface area (Å²) in [5.41, 5.74) is 0.301. The molecule has 8 heteroatoms. The smallest absolute Gasteiger partial charge is 0.250 e. The second kappa shape index (κ2) is 6.77. The Bertz CT molecular complexity index is 808. The van der Waals surface area contributed by atoms with Crippen molar-refractivity contribution in [1.82, 2.24) is 25.3 Å². The van der Waals surface area contributed by atoms with Crippen LogP contribution in [0.5, 0.6) is 0 Å². The Balaban J connectivity index is 1.51. The van der Waals surface area contributed by atoms with E-state index in [2.05, 4.69) is 25.3 Å². The van der Waals surface area contributed by atoms with E-state index in [0.717, 1.165) is 13.0 Å². The van der Waals surface area contributed by atoms with E-state index in [1.165, 1.54) is 6.07 Å². The summed E-state index contributed by atoms with van der Waals surface area (Å²) in [5, 5.41) is 11.0. The number of hydrogen-bond donors (Lipinski definition) is 1. The van der Waals surface area contributed by atoms with Gasteiger partial charge in [-0.05, 0) is 32.6 Å². The number of aromatic nitrogens is 2. The minimum Gasteiger partial charge on any atom is -0.421 e. The Morgan fingerprint density at radius 2 is 2.15 bits per heavy atom. The van der Waals surface area contributed by atoms with E-state index in [-0.39, 0.29) is 29.7 Å². The van der Waals surface area contributed by atoms with Crippen LogP contribution in [-0.2, 0) is 11.2 Å². The number of halogens is 1. The minimum atomic E-state index is -0.388. The van der Waals surface area contributed by atoms with E-state index in [1.807, 2.05) is 14.1 Å². The van der Waals surface area contributed by atoms with Crippen LogP contribution in [0.15, 0.2) is 28.7 Å². The average Bonchev–Trinajstić information content (AvgIpc) is 3.26. The molecule has 7 nitrogen and oxygen atoms in total. The molecule has 26 heavy (non-hydrogen) atoms. The van der Waals surface area contributed by atoms with Gasteiger partial charge in [0.25, 0.3) is 5.89 Å². The molecule has 2 aliphatic rings. The number of carbonyl (C=O) groups is 1. The van der Waals surface area contributed by atoms with Gasteiger partial charge in [-0.25, -0.2) is 4.39 Å². The van der Waals surface area contributed by atoms with Gasteiger partial charge < -0.3 is 14.6 Å². The van der Waals surface area contributed by atoms with Crippen LogP contribution in [0, 0.1) is 5.82 Å². The molecule has 0 aliphatic carbocycles. The molecule has 0 unspecified atom stereocenters. The lowest BCUT2D eigenvalue weighted by atomic mass is 10.1. The summed E-state index contributed by atoms with van der Waals surface area (Å²) in [6.45, 7) is 1.39. The van der Waals surface area contributed by atoms with Gasteiger partial charge in [-0.15, -0.1) is 10.2 Å². The highest BCUT2D eigenvalue weighted by atomic mass is 19.1. The highest BCUT2D eigenvalue weighted by molar-refractivity contribution is 5.83. The first-order valence-electron chi connectivity index (χ1n) is 8.80. The molecule has 1 amide bonds. The Labute approximate surface area is 151 Å². The van der Waals surface area contributed by atoms with E-state index < -0.39 is 0 Å². The van der Waals surface area contributed by atoms with E-state index in [0.29, 0.717) is 30.5 Å². The topological polar surface area (TPSA) is 74.5 Å². The average molecular weight is 359 g/mol. The van der Waals surface area contributed by atoms with Crippen LogP contribution in [0.1, 0.15) is 12.3 Å². The van der Waals surface area contributed by atoms with E-state index in [4.69, 9.17) is 4.42 Å². The largest absolute Gasteiger partial charge is 0.421 e. The van der Waals surface area contributed by atoms with Crippen molar-refractivity contribution in [2.24, 2.45) is 0 Å². The standard InChI is InChI=1S/C18H22FN5O2/c1-23(2)12-7-15-17(25)20-9-11(24(15)10-12)8-16-21-22-18(26-16)13-5-3-4-6-14(13)19/h3-6,11-12,15H,7-10H2,1-2H3,(H,20,25)/t11-,12+,15+/m1/s1. The zero-order valence-electron chi connectivity index (χ0n) is 14.9. The summed E-state index contributed by atoms with van der Waals surface area (Å²) in [4.78, 5) is 16.6. The SMILES string of the molecule is CN(C)[C@H]1C[C@H]2C(=O)NC[C@@H](Cc3nnc(-c4ccccc4F)o3)N2C1. The Morgan fingerprint density at radius 1 is 1.35 bits per heavy atom. The molecule has 2 fully saturated rings. The van der Waals surface area contributed by atoms with Crippen molar-refractivity contribution < 1.29 is 13.6 Å². The number of nitrogens with one attached hydrogen (secondary N) is 1. The van der Waals surface area contributed by atoms with Gasteiger partial charge in [0, 0.05) is 31.6 Å². The minimum absolute atomic E-state index is 0.0863. The molecule has 0 spiro atoms. The van der Waals surface area contributed by atoms with Gasteiger partial charge >= 0.3 is 0 Å². The fraction of sp³-hybridized carbons (Fsp3) is 0.500. The zero-order chi connectivity index (χ0) is 18.3. The van der Waals surface area contributed by atoms with Crippen LogP contribution in [0.3, 0.4) is 0 Å². The number of rotatable bonds is 4. The normalized spacial score (nSPS) is 26.2. The highest BCUT2D eigenvalue weighted by Gasteiger charge is 2.44. The molecule has 1 aromatic carbocycles. The first kappa shape index (κ1) is 17.1. The summed E-state index contributed by atoms with van der Waals surface area (Å²) in [6, 6.07) is 6.66. The van der Waals surface area contributed by atoms with Crippen molar-refractivity contribution in [1.29, 1.82) is 0 Å². The first-order chi connectivity index (χ1) is 12.5. The van der Waals surface area contributed by atoms with E-state index >= 15 is 0 Å². The maximum absolute atomic E-state index is 13.9. The molecule has 2 aliphatic heterocycles. The first-order valence-corrected chi connectivity index (χ1v) is 8.80. The molecule has 0 radical (unpaired) electrons. The monoisotopic (exact) mass is 359 g/mol. The van der Waals surface area contributed by atoms with Gasteiger partial charge in [0.05, 0.1) is 11.6 Å². The number of hydrogen-bond acceptors (Lipinski definition) is 6. The number of benzene rings is 1. The molecule has 0 saturated carbocycles. The number of nitrogens with zero attached hydrogens (tertiary/aromatic N) is 4. The summed E-state index contributed by atoms with van der Waals surface area (Å²) in [6.07, 6.45) is 1.35. The third-order valence-electron chi connectivity index (χ3n) is 5.31. The van der Waals surface area contributed by atoms with Crippen molar-refractivity contribution in [2.45, 2.75) is 31.0 Å². The lowest BCUT2D eigenvalue weighted by Crippen LogP contribution is -2.58. The zero-order valence-corrected chi connectivity index (χ0v) is 14.9. The van der Waals surface area contributed by atoms with Gasteiger partial charge in [0.2, 0.25) is 11.8 Å². The molecule has 138 valence electrons. The van der Waals surface area contributed by atoms with Crippen LogP contribution in [0.2, 0.25) is 0 Å². The molecule has 2 saturated heterocycles. The van der Waals surface area contributed by atoms with Gasteiger partial charge in [0.15, 0.2) is 0 Å².